The number of nitrogens with one attached hydrogen (secondary N) is 2. The molecule has 0 bridgehead atoms. The monoisotopic (exact) mass is 455 g/mol. The van der Waals surface area contributed by atoms with Crippen LogP contribution in [0.25, 0.3) is 0 Å². The van der Waals surface area contributed by atoms with Crippen LogP contribution in [-0.2, 0) is 14.8 Å². The highest BCUT2D eigenvalue weighted by atomic mass is 35.5. The topological polar surface area (TPSA) is 111 Å². The van der Waals surface area contributed by atoms with Crippen molar-refractivity contribution in [2.24, 2.45) is 0 Å². The molecule has 0 unspecified atom stereocenters. The molecular formula is C18H15Cl2N3O5S. The highest BCUT2D eigenvalue weighted by molar-refractivity contribution is 7.92. The predicted molar refractivity (Wildman–Crippen MR) is 109 cm³/mol. The van der Waals surface area contributed by atoms with Crippen LogP contribution in [0.15, 0.2) is 57.9 Å². The second-order valence-electron chi connectivity index (χ2n) is 5.86. The Bertz CT molecular complexity index is 1130. The summed E-state index contributed by atoms with van der Waals surface area (Å²) in [5.74, 6) is 0.386. The van der Waals surface area contributed by atoms with Gasteiger partial charge < -0.3 is 14.6 Å². The maximum absolute atomic E-state index is 12.3. The largest absolute Gasteiger partial charge is 0.482 e. The first-order chi connectivity index (χ1) is 13.7. The summed E-state index contributed by atoms with van der Waals surface area (Å²) in [6.07, 6.45) is 0. The van der Waals surface area contributed by atoms with Crippen LogP contribution in [0.5, 0.6) is 5.75 Å². The zero-order chi connectivity index (χ0) is 21.0. The molecule has 0 spiro atoms. The van der Waals surface area contributed by atoms with Gasteiger partial charge in [0.1, 0.15) is 11.5 Å². The van der Waals surface area contributed by atoms with E-state index >= 15 is 0 Å². The molecule has 0 saturated carbocycles. The Labute approximate surface area is 176 Å². The predicted octanol–water partition coefficient (Wildman–Crippen LogP) is 4.11. The van der Waals surface area contributed by atoms with Crippen LogP contribution >= 0.6 is 23.2 Å². The summed E-state index contributed by atoms with van der Waals surface area (Å²) in [6.45, 7) is 1.35. The molecule has 0 fully saturated rings. The number of amides is 1. The Morgan fingerprint density at radius 2 is 1.86 bits per heavy atom. The fourth-order valence-electron chi connectivity index (χ4n) is 2.26. The van der Waals surface area contributed by atoms with Gasteiger partial charge in [-0.2, -0.15) is 0 Å². The molecule has 1 amide bonds. The number of carbonyl (C=O) groups is 1. The van der Waals surface area contributed by atoms with Gasteiger partial charge in [0.15, 0.2) is 12.4 Å². The number of hydrogen-bond donors (Lipinski definition) is 2. The first kappa shape index (κ1) is 21.0. The van der Waals surface area contributed by atoms with Crippen molar-refractivity contribution in [2.75, 3.05) is 16.6 Å². The van der Waals surface area contributed by atoms with Gasteiger partial charge in [0, 0.05) is 22.8 Å². The molecule has 0 aliphatic rings. The van der Waals surface area contributed by atoms with Crippen molar-refractivity contribution in [3.8, 4) is 5.75 Å². The number of aromatic nitrogens is 1. The molecule has 0 aliphatic heterocycles. The van der Waals surface area contributed by atoms with E-state index in [4.69, 9.17) is 32.5 Å². The average molecular weight is 456 g/mol. The van der Waals surface area contributed by atoms with Crippen LogP contribution in [-0.4, -0.2) is 26.1 Å². The molecule has 1 heterocycles. The molecule has 11 heteroatoms. The number of hydrogen-bond acceptors (Lipinski definition) is 6. The Kier molecular flexibility index (Phi) is 6.31. The third-order valence-corrected chi connectivity index (χ3v) is 5.49. The van der Waals surface area contributed by atoms with E-state index in [1.165, 1.54) is 36.4 Å². The SMILES string of the molecule is Cc1cc(NS(=O)(=O)c2ccc(NC(=O)COc3cc(Cl)ccc3Cl)cc2)no1. The average Bonchev–Trinajstić information content (AvgIpc) is 3.07. The molecule has 0 aliphatic carbocycles. The fourth-order valence-corrected chi connectivity index (χ4v) is 3.57. The molecule has 0 atom stereocenters. The molecule has 0 radical (unpaired) electrons. The van der Waals surface area contributed by atoms with Crippen LogP contribution in [0.4, 0.5) is 11.5 Å². The summed E-state index contributed by atoms with van der Waals surface area (Å²) in [4.78, 5) is 12.0. The van der Waals surface area contributed by atoms with Crippen molar-refractivity contribution in [2.45, 2.75) is 11.8 Å². The Morgan fingerprint density at radius 3 is 2.52 bits per heavy atom. The Balaban J connectivity index is 1.59. The van der Waals surface area contributed by atoms with Crippen LogP contribution in [0, 0.1) is 6.92 Å². The van der Waals surface area contributed by atoms with E-state index in [9.17, 15) is 13.2 Å². The summed E-state index contributed by atoms with van der Waals surface area (Å²) in [7, 11) is -3.84. The van der Waals surface area contributed by atoms with E-state index in [2.05, 4.69) is 15.2 Å². The van der Waals surface area contributed by atoms with Crippen LogP contribution in [0.2, 0.25) is 10.0 Å². The van der Waals surface area contributed by atoms with Gasteiger partial charge in [-0.15, -0.1) is 0 Å². The van der Waals surface area contributed by atoms with E-state index in [1.54, 1.807) is 19.1 Å². The number of halogens is 2. The van der Waals surface area contributed by atoms with Crippen LogP contribution in [0.1, 0.15) is 5.76 Å². The summed E-state index contributed by atoms with van der Waals surface area (Å²) in [5, 5.41) is 6.93. The van der Waals surface area contributed by atoms with E-state index in [0.29, 0.717) is 21.5 Å². The van der Waals surface area contributed by atoms with Gasteiger partial charge in [0.25, 0.3) is 15.9 Å². The smallest absolute Gasteiger partial charge is 0.263 e. The molecule has 2 aromatic carbocycles. The normalized spacial score (nSPS) is 11.1. The van der Waals surface area contributed by atoms with Crippen molar-refractivity contribution >= 4 is 50.6 Å². The van der Waals surface area contributed by atoms with E-state index in [1.807, 2.05) is 0 Å². The molecule has 0 saturated heterocycles. The van der Waals surface area contributed by atoms with Crippen molar-refractivity contribution < 1.29 is 22.5 Å². The molecule has 2 N–H and O–H groups in total. The molecule has 3 aromatic rings. The van der Waals surface area contributed by atoms with Crippen molar-refractivity contribution in [3.05, 3.63) is 64.3 Å². The lowest BCUT2D eigenvalue weighted by atomic mass is 10.3. The molecular weight excluding hydrogens is 441 g/mol. The van der Waals surface area contributed by atoms with Gasteiger partial charge >= 0.3 is 0 Å². The molecule has 152 valence electrons. The number of carbonyl (C=O) groups excluding carboxylic acids is 1. The molecule has 8 nitrogen and oxygen atoms in total. The van der Waals surface area contributed by atoms with E-state index in [-0.39, 0.29) is 23.1 Å². The standard InChI is InChI=1S/C18H15Cl2N3O5S/c1-11-8-17(22-28-11)23-29(25,26)14-5-3-13(4-6-14)21-18(24)10-27-16-9-12(19)2-7-15(16)20/h2-9H,10H2,1H3,(H,21,24)(H,22,23). The lowest BCUT2D eigenvalue weighted by Crippen LogP contribution is -2.20. The third kappa shape index (κ3) is 5.63. The molecule has 1 aromatic heterocycles. The highest BCUT2D eigenvalue weighted by Gasteiger charge is 2.16. The first-order valence-corrected chi connectivity index (χ1v) is 10.4. The van der Waals surface area contributed by atoms with Crippen molar-refractivity contribution in [1.29, 1.82) is 0 Å². The maximum Gasteiger partial charge on any atom is 0.263 e. The fraction of sp³-hybridized carbons (Fsp3) is 0.111. The summed E-state index contributed by atoms with van der Waals surface area (Å²) >= 11 is 11.8. The number of rotatable bonds is 7. The first-order valence-electron chi connectivity index (χ1n) is 8.17. The maximum atomic E-state index is 12.3. The minimum Gasteiger partial charge on any atom is -0.482 e. The van der Waals surface area contributed by atoms with Gasteiger partial charge in [-0.05, 0) is 43.3 Å². The molecule has 29 heavy (non-hydrogen) atoms. The van der Waals surface area contributed by atoms with Gasteiger partial charge in [-0.25, -0.2) is 8.42 Å². The number of aryl methyl sites for hydroxylation is 1. The minimum atomic E-state index is -3.84. The lowest BCUT2D eigenvalue weighted by Gasteiger charge is -2.10. The Morgan fingerprint density at radius 1 is 1.14 bits per heavy atom. The number of nitrogens with zero attached hydrogens (tertiary/aromatic N) is 1. The summed E-state index contributed by atoms with van der Waals surface area (Å²) < 4.78 is 37.2. The van der Waals surface area contributed by atoms with Gasteiger partial charge in [0.2, 0.25) is 0 Å². The number of ether oxygens (including phenoxy) is 1. The molecule has 3 rings (SSSR count). The van der Waals surface area contributed by atoms with Crippen LogP contribution in [0.3, 0.4) is 0 Å². The number of anilines is 2. The second-order valence-corrected chi connectivity index (χ2v) is 8.39. The zero-order valence-electron chi connectivity index (χ0n) is 15.0. The highest BCUT2D eigenvalue weighted by Crippen LogP contribution is 2.27. The summed E-state index contributed by atoms with van der Waals surface area (Å²) in [6, 6.07) is 11.7. The van der Waals surface area contributed by atoms with Gasteiger partial charge in [0.05, 0.1) is 9.92 Å². The van der Waals surface area contributed by atoms with Gasteiger partial charge in [-0.3, -0.25) is 9.52 Å². The number of benzene rings is 2. The quantitative estimate of drug-likeness (QED) is 0.554. The second kappa shape index (κ2) is 8.73. The Hall–Kier alpha value is -2.75. The van der Waals surface area contributed by atoms with Crippen LogP contribution < -0.4 is 14.8 Å². The number of sulfonamides is 1. The lowest BCUT2D eigenvalue weighted by molar-refractivity contribution is -0.118. The zero-order valence-corrected chi connectivity index (χ0v) is 17.3. The summed E-state index contributed by atoms with van der Waals surface area (Å²) in [5.41, 5.74) is 0.395. The minimum absolute atomic E-state index is 0.00175. The van der Waals surface area contributed by atoms with Crippen molar-refractivity contribution in [1.82, 2.24) is 5.16 Å². The van der Waals surface area contributed by atoms with E-state index < -0.39 is 15.9 Å². The van der Waals surface area contributed by atoms with E-state index in [0.717, 1.165) is 0 Å². The van der Waals surface area contributed by atoms with Crippen molar-refractivity contribution in [3.63, 3.8) is 0 Å². The third-order valence-electron chi connectivity index (χ3n) is 3.57. The van der Waals surface area contributed by atoms with Gasteiger partial charge in [-0.1, -0.05) is 28.4 Å².